The Bertz CT molecular complexity index is 452. The molecule has 0 aliphatic rings. The molecule has 0 aromatic heterocycles. The van der Waals surface area contributed by atoms with Crippen LogP contribution in [0.2, 0.25) is 0 Å². The minimum absolute atomic E-state index is 0. The van der Waals surface area contributed by atoms with E-state index in [0.29, 0.717) is 11.1 Å². The van der Waals surface area contributed by atoms with Crippen LogP contribution in [0.25, 0.3) is 0 Å². The van der Waals surface area contributed by atoms with E-state index in [9.17, 15) is 14.0 Å². The first-order valence-electron chi connectivity index (χ1n) is 5.75. The largest absolute Gasteiger partial charge is 0.465 e. The maximum Gasteiger partial charge on any atom is 0.342 e. The van der Waals surface area contributed by atoms with E-state index in [1.165, 1.54) is 31.4 Å². The van der Waals surface area contributed by atoms with E-state index in [1.54, 1.807) is 6.92 Å². The van der Waals surface area contributed by atoms with Gasteiger partial charge >= 0.3 is 11.9 Å². The molecule has 5 nitrogen and oxygen atoms in total. The average Bonchev–Trinajstić information content (AvgIpc) is 2.45. The maximum absolute atomic E-state index is 13.7. The van der Waals surface area contributed by atoms with Gasteiger partial charge in [0.1, 0.15) is 0 Å². The fourth-order valence-electron chi connectivity index (χ4n) is 1.50. The quantitative estimate of drug-likeness (QED) is 0.839. The summed E-state index contributed by atoms with van der Waals surface area (Å²) in [6, 6.07) is 4.73. The van der Waals surface area contributed by atoms with Crippen molar-refractivity contribution in [2.75, 3.05) is 13.7 Å². The van der Waals surface area contributed by atoms with E-state index in [4.69, 9.17) is 5.73 Å². The standard InChI is InChI=1S/C13H16FNO4.ClH/c1-3-19-13(17)10(14)11(15)8-4-6-9(7-5-8)12(16)18-2;/h4-7,10-11H,3,15H2,1-2H3;1H/t10?,11-;/m0./s1. The molecule has 0 spiro atoms. The number of hydrogen-bond acceptors (Lipinski definition) is 5. The van der Waals surface area contributed by atoms with Crippen LogP contribution < -0.4 is 5.73 Å². The van der Waals surface area contributed by atoms with Gasteiger partial charge < -0.3 is 15.2 Å². The molecule has 0 saturated heterocycles. The lowest BCUT2D eigenvalue weighted by atomic mass is 10.0. The zero-order valence-corrected chi connectivity index (χ0v) is 12.0. The van der Waals surface area contributed by atoms with Crippen LogP contribution in [0.5, 0.6) is 0 Å². The van der Waals surface area contributed by atoms with Crippen LogP contribution in [-0.2, 0) is 14.3 Å². The normalized spacial score (nSPS) is 12.8. The molecular weight excluding hydrogens is 289 g/mol. The Hall–Kier alpha value is -1.66. The third kappa shape index (κ3) is 4.47. The van der Waals surface area contributed by atoms with E-state index in [1.807, 2.05) is 0 Å². The third-order valence-electron chi connectivity index (χ3n) is 2.54. The van der Waals surface area contributed by atoms with Gasteiger partial charge in [0.05, 0.1) is 25.3 Å². The van der Waals surface area contributed by atoms with E-state index in [-0.39, 0.29) is 19.0 Å². The molecule has 20 heavy (non-hydrogen) atoms. The van der Waals surface area contributed by atoms with Crippen molar-refractivity contribution in [2.45, 2.75) is 19.1 Å². The molecule has 2 N–H and O–H groups in total. The first-order chi connectivity index (χ1) is 9.01. The first kappa shape index (κ1) is 18.3. The summed E-state index contributed by atoms with van der Waals surface area (Å²) >= 11 is 0. The van der Waals surface area contributed by atoms with E-state index < -0.39 is 24.2 Å². The highest BCUT2D eigenvalue weighted by Crippen LogP contribution is 2.19. The lowest BCUT2D eigenvalue weighted by Gasteiger charge is -2.16. The molecule has 0 radical (unpaired) electrons. The van der Waals surface area contributed by atoms with Crippen molar-refractivity contribution < 1.29 is 23.5 Å². The number of nitrogens with two attached hydrogens (primary N) is 1. The van der Waals surface area contributed by atoms with Gasteiger partial charge in [0.2, 0.25) is 6.17 Å². The number of benzene rings is 1. The van der Waals surface area contributed by atoms with Gasteiger partial charge in [-0.2, -0.15) is 0 Å². The minimum atomic E-state index is -1.94. The van der Waals surface area contributed by atoms with Gasteiger partial charge in [-0.25, -0.2) is 14.0 Å². The monoisotopic (exact) mass is 305 g/mol. The Balaban J connectivity index is 0.00000361. The number of carbonyl (C=O) groups is 2. The van der Waals surface area contributed by atoms with Crippen molar-refractivity contribution >= 4 is 24.3 Å². The number of carbonyl (C=O) groups excluding carboxylic acids is 2. The molecule has 0 heterocycles. The van der Waals surface area contributed by atoms with Crippen molar-refractivity contribution in [2.24, 2.45) is 5.73 Å². The Morgan fingerprint density at radius 1 is 1.30 bits per heavy atom. The van der Waals surface area contributed by atoms with Crippen molar-refractivity contribution in [3.8, 4) is 0 Å². The van der Waals surface area contributed by atoms with E-state index >= 15 is 0 Å². The smallest absolute Gasteiger partial charge is 0.342 e. The minimum Gasteiger partial charge on any atom is -0.465 e. The van der Waals surface area contributed by atoms with Crippen molar-refractivity contribution in [3.05, 3.63) is 35.4 Å². The Morgan fingerprint density at radius 3 is 2.30 bits per heavy atom. The van der Waals surface area contributed by atoms with Crippen LogP contribution in [0, 0.1) is 0 Å². The van der Waals surface area contributed by atoms with Gasteiger partial charge in [-0.1, -0.05) is 12.1 Å². The zero-order chi connectivity index (χ0) is 14.4. The molecule has 1 aromatic carbocycles. The molecule has 112 valence electrons. The summed E-state index contributed by atoms with van der Waals surface area (Å²) in [7, 11) is 1.26. The number of esters is 2. The van der Waals surface area contributed by atoms with Gasteiger partial charge in [0, 0.05) is 0 Å². The number of rotatable bonds is 5. The highest BCUT2D eigenvalue weighted by molar-refractivity contribution is 5.89. The number of ether oxygens (including phenoxy) is 2. The van der Waals surface area contributed by atoms with Gasteiger partial charge in [0.15, 0.2) is 0 Å². The molecule has 0 aliphatic heterocycles. The van der Waals surface area contributed by atoms with Gasteiger partial charge in [-0.15, -0.1) is 12.4 Å². The molecular formula is C13H17ClFNO4. The molecule has 0 saturated carbocycles. The zero-order valence-electron chi connectivity index (χ0n) is 11.2. The summed E-state index contributed by atoms with van der Waals surface area (Å²) in [5.41, 5.74) is 6.36. The molecule has 1 unspecified atom stereocenters. The highest BCUT2D eigenvalue weighted by atomic mass is 35.5. The molecule has 0 fully saturated rings. The molecule has 7 heteroatoms. The fourth-order valence-corrected chi connectivity index (χ4v) is 1.50. The van der Waals surface area contributed by atoms with Crippen LogP contribution in [0.1, 0.15) is 28.9 Å². The predicted octanol–water partition coefficient (Wildman–Crippen LogP) is 1.80. The Labute approximate surface area is 122 Å². The van der Waals surface area contributed by atoms with Crippen LogP contribution in [0.15, 0.2) is 24.3 Å². The second kappa shape index (κ2) is 8.50. The predicted molar refractivity (Wildman–Crippen MR) is 73.5 cm³/mol. The number of alkyl halides is 1. The molecule has 0 bridgehead atoms. The molecule has 2 atom stereocenters. The third-order valence-corrected chi connectivity index (χ3v) is 2.54. The highest BCUT2D eigenvalue weighted by Gasteiger charge is 2.27. The number of halogens is 2. The summed E-state index contributed by atoms with van der Waals surface area (Å²) < 4.78 is 22.8. The summed E-state index contributed by atoms with van der Waals surface area (Å²) in [5.74, 6) is -1.49. The van der Waals surface area contributed by atoms with Gasteiger partial charge in [-0.3, -0.25) is 0 Å². The fraction of sp³-hybridized carbons (Fsp3) is 0.385. The second-order valence-electron chi connectivity index (χ2n) is 3.79. The molecule has 1 aromatic rings. The second-order valence-corrected chi connectivity index (χ2v) is 3.79. The lowest BCUT2D eigenvalue weighted by molar-refractivity contribution is -0.149. The lowest BCUT2D eigenvalue weighted by Crippen LogP contribution is -2.31. The van der Waals surface area contributed by atoms with Gasteiger partial charge in [-0.05, 0) is 24.6 Å². The SMILES string of the molecule is CCOC(=O)C(F)[C@@H](N)c1ccc(C(=O)OC)cc1.Cl. The summed E-state index contributed by atoms with van der Waals surface area (Å²) in [6.07, 6.45) is -1.94. The van der Waals surface area contributed by atoms with Crippen LogP contribution in [0.3, 0.4) is 0 Å². The van der Waals surface area contributed by atoms with Crippen LogP contribution >= 0.6 is 12.4 Å². The average molecular weight is 306 g/mol. The van der Waals surface area contributed by atoms with E-state index in [2.05, 4.69) is 9.47 Å². The summed E-state index contributed by atoms with van der Waals surface area (Å²) in [6.45, 7) is 1.68. The molecule has 0 amide bonds. The van der Waals surface area contributed by atoms with Crippen molar-refractivity contribution in [3.63, 3.8) is 0 Å². The van der Waals surface area contributed by atoms with Crippen molar-refractivity contribution in [1.82, 2.24) is 0 Å². The first-order valence-corrected chi connectivity index (χ1v) is 5.75. The van der Waals surface area contributed by atoms with Gasteiger partial charge in [0.25, 0.3) is 0 Å². The summed E-state index contributed by atoms with van der Waals surface area (Å²) in [5, 5.41) is 0. The van der Waals surface area contributed by atoms with Crippen LogP contribution in [0.4, 0.5) is 4.39 Å². The molecule has 0 aliphatic carbocycles. The Morgan fingerprint density at radius 2 is 1.85 bits per heavy atom. The molecule has 1 rings (SSSR count). The number of hydrogen-bond donors (Lipinski definition) is 1. The topological polar surface area (TPSA) is 78.6 Å². The summed E-state index contributed by atoms with van der Waals surface area (Å²) in [4.78, 5) is 22.4. The van der Waals surface area contributed by atoms with Crippen molar-refractivity contribution in [1.29, 1.82) is 0 Å². The van der Waals surface area contributed by atoms with Crippen LogP contribution in [-0.4, -0.2) is 31.8 Å². The Kier molecular flexibility index (Phi) is 7.79. The number of methoxy groups -OCH3 is 1. The van der Waals surface area contributed by atoms with E-state index in [0.717, 1.165) is 0 Å². The maximum atomic E-state index is 13.7.